The first-order valence-corrected chi connectivity index (χ1v) is 9.75. The van der Waals surface area contributed by atoms with Crippen molar-refractivity contribution in [1.29, 1.82) is 0 Å². The minimum Gasteiger partial charge on any atom is -0.369 e. The molecule has 0 spiro atoms. The second-order valence-electron chi connectivity index (χ2n) is 7.01. The highest BCUT2D eigenvalue weighted by molar-refractivity contribution is 5.79. The Morgan fingerprint density at radius 2 is 2.03 bits per heavy atom. The molecule has 0 aliphatic rings. The van der Waals surface area contributed by atoms with Gasteiger partial charge in [-0.05, 0) is 30.2 Å². The third-order valence-corrected chi connectivity index (χ3v) is 4.85. The summed E-state index contributed by atoms with van der Waals surface area (Å²) in [5, 5.41) is 6.17. The minimum atomic E-state index is -0.311. The number of anilines is 1. The molecular formula is C23H22FN5O. The smallest absolute Gasteiger partial charge is 0.222 e. The number of hydrogen-bond acceptors (Lipinski definition) is 4. The number of aromatic nitrogens is 3. The van der Waals surface area contributed by atoms with Crippen molar-refractivity contribution >= 4 is 17.4 Å². The maximum Gasteiger partial charge on any atom is 0.222 e. The van der Waals surface area contributed by atoms with Crippen molar-refractivity contribution in [3.8, 4) is 11.3 Å². The average Bonchev–Trinajstić information content (AvgIpc) is 3.11. The molecule has 4 aromatic rings. The molecule has 0 radical (unpaired) electrons. The molecule has 4 rings (SSSR count). The van der Waals surface area contributed by atoms with Crippen molar-refractivity contribution in [3.63, 3.8) is 0 Å². The Hall–Kier alpha value is -3.74. The van der Waals surface area contributed by atoms with Crippen LogP contribution in [0.4, 0.5) is 10.2 Å². The van der Waals surface area contributed by atoms with E-state index in [0.717, 1.165) is 33.8 Å². The molecule has 2 aromatic carbocycles. The van der Waals surface area contributed by atoms with Gasteiger partial charge in [-0.2, -0.15) is 0 Å². The predicted octanol–water partition coefficient (Wildman–Crippen LogP) is 3.96. The number of nitrogens with zero attached hydrogens (tertiary/aromatic N) is 3. The number of imidazole rings is 1. The molecule has 2 heterocycles. The number of carbonyl (C=O) groups is 1. The van der Waals surface area contributed by atoms with Gasteiger partial charge in [-0.3, -0.25) is 14.2 Å². The number of aryl methyl sites for hydroxylation is 1. The van der Waals surface area contributed by atoms with Crippen molar-refractivity contribution in [1.82, 2.24) is 19.7 Å². The summed E-state index contributed by atoms with van der Waals surface area (Å²) < 4.78 is 15.2. The standard InChI is InChI=1S/C23H22FN5O/c1-16-5-2-3-8-19(16)22-23(29-12-11-25-15-20(29)28-22)26-10-9-21(30)27-14-17-6-4-7-18(24)13-17/h2-8,11-13,15,26H,9-10,14H2,1H3,(H,27,30). The molecule has 0 fully saturated rings. The summed E-state index contributed by atoms with van der Waals surface area (Å²) in [5.74, 6) is 0.397. The van der Waals surface area contributed by atoms with Gasteiger partial charge in [-0.15, -0.1) is 0 Å². The molecule has 0 aliphatic carbocycles. The number of fused-ring (bicyclic) bond motifs is 1. The minimum absolute atomic E-state index is 0.111. The fourth-order valence-electron chi connectivity index (χ4n) is 3.33. The lowest BCUT2D eigenvalue weighted by Gasteiger charge is -2.10. The average molecular weight is 403 g/mol. The van der Waals surface area contributed by atoms with Crippen molar-refractivity contribution < 1.29 is 9.18 Å². The maximum absolute atomic E-state index is 13.2. The lowest BCUT2D eigenvalue weighted by molar-refractivity contribution is -0.121. The van der Waals surface area contributed by atoms with Crippen molar-refractivity contribution in [3.05, 3.63) is 84.1 Å². The summed E-state index contributed by atoms with van der Waals surface area (Å²) in [5.41, 5.74) is 4.42. The van der Waals surface area contributed by atoms with Crippen LogP contribution in [0.5, 0.6) is 0 Å². The molecule has 0 unspecified atom stereocenters. The SMILES string of the molecule is Cc1ccccc1-c1nc2cnccn2c1NCCC(=O)NCc1cccc(F)c1. The van der Waals surface area contributed by atoms with Crippen LogP contribution in [0.1, 0.15) is 17.5 Å². The van der Waals surface area contributed by atoms with E-state index < -0.39 is 0 Å². The first-order valence-electron chi connectivity index (χ1n) is 9.75. The van der Waals surface area contributed by atoms with E-state index in [1.54, 1.807) is 24.5 Å². The van der Waals surface area contributed by atoms with Crippen LogP contribution < -0.4 is 10.6 Å². The lowest BCUT2D eigenvalue weighted by atomic mass is 10.1. The molecule has 6 nitrogen and oxygen atoms in total. The summed E-state index contributed by atoms with van der Waals surface area (Å²) in [7, 11) is 0. The van der Waals surface area contributed by atoms with E-state index in [0.29, 0.717) is 13.1 Å². The van der Waals surface area contributed by atoms with Crippen LogP contribution in [0.3, 0.4) is 0 Å². The Morgan fingerprint density at radius 1 is 1.17 bits per heavy atom. The van der Waals surface area contributed by atoms with Gasteiger partial charge in [-0.25, -0.2) is 9.37 Å². The number of hydrogen-bond donors (Lipinski definition) is 2. The Labute approximate surface area is 173 Å². The zero-order valence-electron chi connectivity index (χ0n) is 16.6. The maximum atomic E-state index is 13.2. The van der Waals surface area contributed by atoms with Gasteiger partial charge in [0.25, 0.3) is 0 Å². The summed E-state index contributed by atoms with van der Waals surface area (Å²) in [6.07, 6.45) is 5.53. The van der Waals surface area contributed by atoms with Gasteiger partial charge in [0.1, 0.15) is 17.3 Å². The van der Waals surface area contributed by atoms with Crippen molar-refractivity contribution in [2.45, 2.75) is 19.9 Å². The van der Waals surface area contributed by atoms with Gasteiger partial charge in [0.15, 0.2) is 5.65 Å². The van der Waals surface area contributed by atoms with Crippen LogP contribution >= 0.6 is 0 Å². The molecule has 7 heteroatoms. The molecule has 1 amide bonds. The van der Waals surface area contributed by atoms with Gasteiger partial charge in [0.2, 0.25) is 5.91 Å². The Kier molecular flexibility index (Phi) is 5.70. The zero-order chi connectivity index (χ0) is 20.9. The number of halogens is 1. The largest absolute Gasteiger partial charge is 0.369 e. The van der Waals surface area contributed by atoms with Crippen molar-refractivity contribution in [2.24, 2.45) is 0 Å². The number of amides is 1. The molecule has 0 atom stereocenters. The van der Waals surface area contributed by atoms with Gasteiger partial charge in [0.05, 0.1) is 6.20 Å². The van der Waals surface area contributed by atoms with E-state index >= 15 is 0 Å². The third kappa shape index (κ3) is 4.30. The summed E-state index contributed by atoms with van der Waals surface area (Å²) in [6, 6.07) is 14.3. The van der Waals surface area contributed by atoms with Gasteiger partial charge >= 0.3 is 0 Å². The number of carbonyl (C=O) groups excluding carboxylic acids is 1. The normalized spacial score (nSPS) is 10.9. The quantitative estimate of drug-likeness (QED) is 0.490. The molecule has 30 heavy (non-hydrogen) atoms. The predicted molar refractivity (Wildman–Crippen MR) is 115 cm³/mol. The molecule has 0 saturated carbocycles. The van der Waals surface area contributed by atoms with Crippen LogP contribution in [-0.4, -0.2) is 26.8 Å². The second kappa shape index (κ2) is 8.73. The van der Waals surface area contributed by atoms with E-state index in [-0.39, 0.29) is 18.1 Å². The Bertz CT molecular complexity index is 1190. The third-order valence-electron chi connectivity index (χ3n) is 4.85. The highest BCUT2D eigenvalue weighted by Crippen LogP contribution is 2.30. The molecule has 2 aromatic heterocycles. The first-order chi connectivity index (χ1) is 14.6. The topological polar surface area (TPSA) is 71.3 Å². The zero-order valence-corrected chi connectivity index (χ0v) is 16.6. The number of rotatable bonds is 7. The molecule has 0 bridgehead atoms. The summed E-state index contributed by atoms with van der Waals surface area (Å²) in [4.78, 5) is 21.1. The molecule has 0 aliphatic heterocycles. The molecule has 2 N–H and O–H groups in total. The highest BCUT2D eigenvalue weighted by Gasteiger charge is 2.15. The Morgan fingerprint density at radius 3 is 2.87 bits per heavy atom. The second-order valence-corrected chi connectivity index (χ2v) is 7.01. The fourth-order valence-corrected chi connectivity index (χ4v) is 3.33. The monoisotopic (exact) mass is 403 g/mol. The van der Waals surface area contributed by atoms with E-state index in [4.69, 9.17) is 4.98 Å². The first kappa shape index (κ1) is 19.6. The van der Waals surface area contributed by atoms with E-state index in [1.807, 2.05) is 41.8 Å². The summed E-state index contributed by atoms with van der Waals surface area (Å²) >= 11 is 0. The van der Waals surface area contributed by atoms with Crippen molar-refractivity contribution in [2.75, 3.05) is 11.9 Å². The summed E-state index contributed by atoms with van der Waals surface area (Å²) in [6.45, 7) is 2.78. The van der Waals surface area contributed by atoms with Crippen LogP contribution in [-0.2, 0) is 11.3 Å². The van der Waals surface area contributed by atoms with E-state index in [1.165, 1.54) is 12.1 Å². The van der Waals surface area contributed by atoms with Crippen LogP contribution in [0, 0.1) is 12.7 Å². The molecule has 152 valence electrons. The number of benzene rings is 2. The molecule has 0 saturated heterocycles. The lowest BCUT2D eigenvalue weighted by Crippen LogP contribution is -2.25. The van der Waals surface area contributed by atoms with Crippen LogP contribution in [0.2, 0.25) is 0 Å². The van der Waals surface area contributed by atoms with E-state index in [2.05, 4.69) is 15.6 Å². The van der Waals surface area contributed by atoms with E-state index in [9.17, 15) is 9.18 Å². The van der Waals surface area contributed by atoms with Crippen LogP contribution in [0.15, 0.2) is 67.1 Å². The Balaban J connectivity index is 1.45. The van der Waals surface area contributed by atoms with Gasteiger partial charge < -0.3 is 10.6 Å². The van der Waals surface area contributed by atoms with Gasteiger partial charge in [0, 0.05) is 37.5 Å². The van der Waals surface area contributed by atoms with Gasteiger partial charge in [-0.1, -0.05) is 36.4 Å². The van der Waals surface area contributed by atoms with Crippen LogP contribution in [0.25, 0.3) is 16.9 Å². The molecular weight excluding hydrogens is 381 g/mol. The number of nitrogens with one attached hydrogen (secondary N) is 2. The fraction of sp³-hybridized carbons (Fsp3) is 0.174. The highest BCUT2D eigenvalue weighted by atomic mass is 19.1.